The average molecular weight is 486 g/mol. The van der Waals surface area contributed by atoms with Crippen molar-refractivity contribution in [3.63, 3.8) is 0 Å². The smallest absolute Gasteiger partial charge is 0.300 e. The number of aliphatic hydroxyl groups excluding tert-OH is 1. The van der Waals surface area contributed by atoms with Gasteiger partial charge in [0.1, 0.15) is 23.3 Å². The molecule has 0 saturated carbocycles. The van der Waals surface area contributed by atoms with Crippen molar-refractivity contribution in [1.29, 1.82) is 0 Å². The Hall–Kier alpha value is -3.10. The number of rotatable bonds is 4. The van der Waals surface area contributed by atoms with E-state index in [1.807, 2.05) is 5.38 Å². The Morgan fingerprint density at radius 3 is 2.53 bits per heavy atom. The zero-order valence-corrected chi connectivity index (χ0v) is 18.1. The van der Waals surface area contributed by atoms with E-state index < -0.39 is 17.7 Å². The fourth-order valence-corrected chi connectivity index (χ4v) is 4.80. The van der Waals surface area contributed by atoms with Gasteiger partial charge in [-0.15, -0.1) is 11.3 Å². The van der Waals surface area contributed by atoms with Gasteiger partial charge < -0.3 is 14.9 Å². The number of anilines is 1. The third-order valence-corrected chi connectivity index (χ3v) is 6.37. The number of phenols is 1. The van der Waals surface area contributed by atoms with Crippen LogP contribution >= 0.6 is 27.3 Å². The van der Waals surface area contributed by atoms with Gasteiger partial charge in [-0.25, -0.2) is 0 Å². The number of carbonyl (C=O) groups is 2. The van der Waals surface area contributed by atoms with Crippen LogP contribution in [-0.4, -0.2) is 29.0 Å². The summed E-state index contributed by atoms with van der Waals surface area (Å²) >= 11 is 4.72. The molecule has 1 aliphatic rings. The van der Waals surface area contributed by atoms with Crippen LogP contribution in [0, 0.1) is 0 Å². The Morgan fingerprint density at radius 2 is 1.90 bits per heavy atom. The van der Waals surface area contributed by atoms with Crippen LogP contribution < -0.4 is 9.64 Å². The first kappa shape index (κ1) is 20.2. The maximum Gasteiger partial charge on any atom is 0.300 e. The second-order valence-electron chi connectivity index (χ2n) is 6.52. The molecule has 152 valence electrons. The fourth-order valence-electron chi connectivity index (χ4n) is 3.43. The van der Waals surface area contributed by atoms with Gasteiger partial charge >= 0.3 is 0 Å². The number of methoxy groups -OCH3 is 1. The minimum absolute atomic E-state index is 0.0391. The summed E-state index contributed by atoms with van der Waals surface area (Å²) in [5.74, 6) is -1.50. The maximum absolute atomic E-state index is 13.0. The minimum Gasteiger partial charge on any atom is -0.507 e. The van der Waals surface area contributed by atoms with Crippen LogP contribution in [0.25, 0.3) is 5.76 Å². The van der Waals surface area contributed by atoms with Crippen molar-refractivity contribution in [2.24, 2.45) is 0 Å². The normalized spacial score (nSPS) is 18.1. The third kappa shape index (κ3) is 3.28. The summed E-state index contributed by atoms with van der Waals surface area (Å²) in [6, 6.07) is 13.9. The predicted octanol–water partition coefficient (Wildman–Crippen LogP) is 4.85. The molecule has 1 aromatic heterocycles. The summed E-state index contributed by atoms with van der Waals surface area (Å²) in [6.07, 6.45) is 0. The molecule has 30 heavy (non-hydrogen) atoms. The lowest BCUT2D eigenvalue weighted by Gasteiger charge is -2.24. The summed E-state index contributed by atoms with van der Waals surface area (Å²) in [7, 11) is 1.52. The highest BCUT2D eigenvalue weighted by atomic mass is 79.9. The number of aromatic hydroxyl groups is 1. The SMILES string of the molecule is COc1ccc(/C(O)=C2/C(=O)C(=O)N(c3ccccc3O)C2c2cccs2)cc1Br. The Labute approximate surface area is 184 Å². The van der Waals surface area contributed by atoms with Gasteiger partial charge in [0.25, 0.3) is 11.7 Å². The maximum atomic E-state index is 13.0. The molecule has 1 amide bonds. The number of ketones is 1. The molecule has 0 aliphatic carbocycles. The van der Waals surface area contributed by atoms with Gasteiger partial charge in [0.05, 0.1) is 22.8 Å². The number of hydrogen-bond donors (Lipinski definition) is 2. The number of para-hydroxylation sites is 2. The van der Waals surface area contributed by atoms with Gasteiger partial charge in [-0.3, -0.25) is 14.5 Å². The largest absolute Gasteiger partial charge is 0.507 e. The first-order valence-corrected chi connectivity index (χ1v) is 10.6. The zero-order chi connectivity index (χ0) is 21.4. The molecular weight excluding hydrogens is 470 g/mol. The minimum atomic E-state index is -0.862. The highest BCUT2D eigenvalue weighted by molar-refractivity contribution is 9.10. The Bertz CT molecular complexity index is 1170. The van der Waals surface area contributed by atoms with E-state index in [0.29, 0.717) is 20.7 Å². The first-order chi connectivity index (χ1) is 14.4. The van der Waals surface area contributed by atoms with E-state index in [1.165, 1.54) is 29.4 Å². The predicted molar refractivity (Wildman–Crippen MR) is 118 cm³/mol. The van der Waals surface area contributed by atoms with Crippen molar-refractivity contribution in [3.8, 4) is 11.5 Å². The van der Waals surface area contributed by atoms with Crippen LogP contribution in [0.15, 0.2) is 70.0 Å². The molecule has 4 rings (SSSR count). The molecule has 1 fully saturated rings. The number of benzene rings is 2. The highest BCUT2D eigenvalue weighted by Gasteiger charge is 2.48. The van der Waals surface area contributed by atoms with Crippen molar-refractivity contribution < 1.29 is 24.5 Å². The molecule has 2 N–H and O–H groups in total. The number of halogens is 1. The van der Waals surface area contributed by atoms with E-state index in [1.54, 1.807) is 48.5 Å². The quantitative estimate of drug-likeness (QED) is 0.313. The second kappa shape index (κ2) is 7.97. The summed E-state index contributed by atoms with van der Waals surface area (Å²) in [5, 5.41) is 23.2. The molecule has 1 aliphatic heterocycles. The Morgan fingerprint density at radius 1 is 1.13 bits per heavy atom. The Balaban J connectivity index is 1.93. The third-order valence-electron chi connectivity index (χ3n) is 4.82. The standard InChI is InChI=1S/C22H16BrNO5S/c1-29-16-9-8-12(11-13(16)23)20(26)18-19(17-7-4-10-30-17)24(22(28)21(18)27)14-5-2-3-6-15(14)25/h2-11,19,25-26H,1H3/b20-18-. The summed E-state index contributed by atoms with van der Waals surface area (Å²) in [5.41, 5.74) is 0.523. The lowest BCUT2D eigenvalue weighted by molar-refractivity contribution is -0.132. The van der Waals surface area contributed by atoms with Crippen molar-refractivity contribution in [2.45, 2.75) is 6.04 Å². The van der Waals surface area contributed by atoms with Gasteiger partial charge in [-0.1, -0.05) is 18.2 Å². The number of thiophene rings is 1. The average Bonchev–Trinajstić information content (AvgIpc) is 3.35. The summed E-state index contributed by atoms with van der Waals surface area (Å²) in [6.45, 7) is 0. The summed E-state index contributed by atoms with van der Waals surface area (Å²) in [4.78, 5) is 27.9. The van der Waals surface area contributed by atoms with Crippen molar-refractivity contribution in [1.82, 2.24) is 0 Å². The monoisotopic (exact) mass is 485 g/mol. The molecule has 1 unspecified atom stereocenters. The first-order valence-electron chi connectivity index (χ1n) is 8.90. The topological polar surface area (TPSA) is 87.1 Å². The van der Waals surface area contributed by atoms with E-state index in [0.717, 1.165) is 0 Å². The van der Waals surface area contributed by atoms with Crippen LogP contribution in [0.3, 0.4) is 0 Å². The van der Waals surface area contributed by atoms with Gasteiger partial charge in [-0.2, -0.15) is 0 Å². The molecule has 0 radical (unpaired) electrons. The molecule has 3 aromatic rings. The molecule has 1 atom stereocenters. The molecular formula is C22H16BrNO5S. The van der Waals surface area contributed by atoms with E-state index in [4.69, 9.17) is 4.74 Å². The molecule has 2 heterocycles. The fraction of sp³-hybridized carbons (Fsp3) is 0.0909. The molecule has 0 bridgehead atoms. The van der Waals surface area contributed by atoms with Gasteiger partial charge in [-0.05, 0) is 57.7 Å². The number of carbonyl (C=O) groups excluding carboxylic acids is 2. The second-order valence-corrected chi connectivity index (χ2v) is 8.36. The van der Waals surface area contributed by atoms with Crippen LogP contribution in [0.2, 0.25) is 0 Å². The van der Waals surface area contributed by atoms with Crippen LogP contribution in [-0.2, 0) is 9.59 Å². The lowest BCUT2D eigenvalue weighted by atomic mass is 9.99. The van der Waals surface area contributed by atoms with E-state index in [2.05, 4.69) is 15.9 Å². The van der Waals surface area contributed by atoms with E-state index >= 15 is 0 Å². The van der Waals surface area contributed by atoms with Gasteiger partial charge in [0.15, 0.2) is 0 Å². The number of ether oxygens (including phenoxy) is 1. The number of nitrogens with zero attached hydrogens (tertiary/aromatic N) is 1. The van der Waals surface area contributed by atoms with Crippen LogP contribution in [0.4, 0.5) is 5.69 Å². The molecule has 1 saturated heterocycles. The number of aliphatic hydroxyl groups is 1. The molecule has 8 heteroatoms. The molecule has 0 spiro atoms. The lowest BCUT2D eigenvalue weighted by Crippen LogP contribution is -2.29. The van der Waals surface area contributed by atoms with E-state index in [9.17, 15) is 19.8 Å². The van der Waals surface area contributed by atoms with Crippen molar-refractivity contribution in [2.75, 3.05) is 12.0 Å². The zero-order valence-electron chi connectivity index (χ0n) is 15.7. The number of amides is 1. The number of hydrogen-bond acceptors (Lipinski definition) is 6. The Kier molecular flexibility index (Phi) is 5.36. The number of Topliss-reactive ketones (excluding diaryl/α,β-unsaturated/α-hetero) is 1. The van der Waals surface area contributed by atoms with Gasteiger partial charge in [0.2, 0.25) is 0 Å². The van der Waals surface area contributed by atoms with Crippen molar-refractivity contribution in [3.05, 3.63) is 80.5 Å². The van der Waals surface area contributed by atoms with Crippen molar-refractivity contribution >= 4 is 50.4 Å². The van der Waals surface area contributed by atoms with Crippen LogP contribution in [0.1, 0.15) is 16.5 Å². The van der Waals surface area contributed by atoms with Crippen LogP contribution in [0.5, 0.6) is 11.5 Å². The summed E-state index contributed by atoms with van der Waals surface area (Å²) < 4.78 is 5.81. The van der Waals surface area contributed by atoms with Gasteiger partial charge in [0, 0.05) is 10.4 Å². The van der Waals surface area contributed by atoms with E-state index in [-0.39, 0.29) is 22.8 Å². The highest BCUT2D eigenvalue weighted by Crippen LogP contribution is 2.46. The molecule has 2 aromatic carbocycles. The number of phenolic OH excluding ortho intramolecular Hbond substituents is 1. The molecule has 6 nitrogen and oxygen atoms in total.